The predicted molar refractivity (Wildman–Crippen MR) is 161 cm³/mol. The fraction of sp³-hybridized carbons (Fsp3) is 0.765. The van der Waals surface area contributed by atoms with Crippen molar-refractivity contribution in [2.24, 2.45) is 51.2 Å². The van der Waals surface area contributed by atoms with Gasteiger partial charge in [0.1, 0.15) is 0 Å². The van der Waals surface area contributed by atoms with Crippen LogP contribution in [0.5, 0.6) is 0 Å². The van der Waals surface area contributed by atoms with Crippen LogP contribution in [0.3, 0.4) is 0 Å². The van der Waals surface area contributed by atoms with Gasteiger partial charge in [0.2, 0.25) is 0 Å². The summed E-state index contributed by atoms with van der Waals surface area (Å²) in [5.41, 5.74) is 2.75. The van der Waals surface area contributed by atoms with Crippen LogP contribution in [0, 0.1) is 51.2 Å². The lowest BCUT2D eigenvalue weighted by molar-refractivity contribution is -0.179. The quantitative estimate of drug-likeness (QED) is 0.369. The molecule has 4 nitrogen and oxygen atoms in total. The van der Waals surface area contributed by atoms with Crippen LogP contribution in [0.25, 0.3) is 0 Å². The number of nitrogens with one attached hydrogen (secondary N) is 1. The summed E-state index contributed by atoms with van der Waals surface area (Å²) in [6.07, 6.45) is 12.9. The molecule has 1 aromatic heterocycles. The molecule has 3 saturated carbocycles. The molecule has 214 valence electrons. The van der Waals surface area contributed by atoms with Gasteiger partial charge in [0.05, 0.1) is 11.1 Å². The summed E-state index contributed by atoms with van der Waals surface area (Å²) in [5.74, 6) is 1.82. The second-order valence-corrected chi connectivity index (χ2v) is 16.6. The van der Waals surface area contributed by atoms with Gasteiger partial charge >= 0.3 is 5.97 Å². The number of nitrogens with zero attached hydrogens (tertiary/aromatic N) is 1. The number of hydrogen-bond donors (Lipinski definition) is 2. The fourth-order valence-electron chi connectivity index (χ4n) is 11.4. The molecule has 2 N–H and O–H groups in total. The highest BCUT2D eigenvalue weighted by Gasteiger charge is 2.69. The molecule has 1 aromatic rings. The molecule has 0 saturated heterocycles. The average Bonchev–Trinajstić information content (AvgIpc) is 3.28. The summed E-state index contributed by atoms with van der Waals surface area (Å²) < 4.78 is 0. The molecule has 0 radical (unpaired) electrons. The van der Waals surface area contributed by atoms with Crippen molar-refractivity contribution in [2.45, 2.75) is 105 Å². The van der Waals surface area contributed by atoms with Crippen molar-refractivity contribution in [3.8, 4) is 0 Å². The molecule has 0 amide bonds. The lowest BCUT2D eigenvalue weighted by atomic mass is 9.33. The summed E-state index contributed by atoms with van der Waals surface area (Å²) in [6.45, 7) is 22.0. The van der Waals surface area contributed by atoms with Gasteiger partial charge < -0.3 is 10.4 Å². The molecule has 0 bridgehead atoms. The highest BCUT2D eigenvalue weighted by molar-refractivity contribution is 7.15. The summed E-state index contributed by atoms with van der Waals surface area (Å²) in [5, 5.41) is 15.2. The van der Waals surface area contributed by atoms with E-state index in [-0.39, 0.29) is 27.6 Å². The lowest BCUT2D eigenvalue weighted by Crippen LogP contribution is -2.65. The number of carbonyl (C=O) groups is 1. The molecule has 1 heterocycles. The Kier molecular flexibility index (Phi) is 6.14. The molecule has 0 spiro atoms. The van der Waals surface area contributed by atoms with E-state index in [1.807, 2.05) is 17.4 Å². The number of thiazole rings is 1. The predicted octanol–water partition coefficient (Wildman–Crippen LogP) is 8.50. The maximum atomic E-state index is 13.0. The zero-order valence-electron chi connectivity index (χ0n) is 25.3. The van der Waals surface area contributed by atoms with Crippen LogP contribution in [-0.2, 0) is 16.6 Å². The number of carboxylic acids is 1. The van der Waals surface area contributed by atoms with Crippen molar-refractivity contribution in [3.05, 3.63) is 34.9 Å². The zero-order valence-corrected chi connectivity index (χ0v) is 26.1. The molecule has 0 aliphatic heterocycles. The minimum Gasteiger partial charge on any atom is -0.481 e. The Hall–Kier alpha value is -1.62. The third kappa shape index (κ3) is 3.40. The number of aliphatic carboxylic acids is 1. The second-order valence-electron chi connectivity index (χ2n) is 15.5. The third-order valence-electron chi connectivity index (χ3n) is 13.8. The number of aromatic nitrogens is 1. The van der Waals surface area contributed by atoms with E-state index in [4.69, 9.17) is 4.98 Å². The fourth-order valence-corrected chi connectivity index (χ4v) is 12.7. The summed E-state index contributed by atoms with van der Waals surface area (Å²) in [7, 11) is 0. The number of rotatable bonds is 4. The Morgan fingerprint density at radius 1 is 1.13 bits per heavy atom. The number of allylic oxidation sites excluding steroid dienone is 2. The van der Waals surface area contributed by atoms with Gasteiger partial charge in [-0.25, -0.2) is 4.98 Å². The zero-order chi connectivity index (χ0) is 28.2. The van der Waals surface area contributed by atoms with E-state index in [1.54, 1.807) is 0 Å². The second kappa shape index (κ2) is 8.69. The number of anilines is 1. The molecule has 5 aliphatic carbocycles. The maximum Gasteiger partial charge on any atom is 0.310 e. The van der Waals surface area contributed by atoms with Crippen LogP contribution in [0.4, 0.5) is 5.13 Å². The van der Waals surface area contributed by atoms with E-state index < -0.39 is 11.4 Å². The van der Waals surface area contributed by atoms with Crippen LogP contribution < -0.4 is 5.32 Å². The average molecular weight is 551 g/mol. The van der Waals surface area contributed by atoms with Gasteiger partial charge in [0.15, 0.2) is 5.13 Å². The molecule has 0 unspecified atom stereocenters. The first-order chi connectivity index (χ1) is 18.3. The molecule has 6 rings (SSSR count). The monoisotopic (exact) mass is 550 g/mol. The van der Waals surface area contributed by atoms with E-state index in [9.17, 15) is 9.90 Å². The molecular weight excluding hydrogens is 500 g/mol. The van der Waals surface area contributed by atoms with Crippen molar-refractivity contribution in [2.75, 3.05) is 11.9 Å². The highest BCUT2D eigenvalue weighted by Crippen LogP contribution is 2.75. The lowest BCUT2D eigenvalue weighted by Gasteiger charge is -2.70. The van der Waals surface area contributed by atoms with E-state index in [1.165, 1.54) is 29.0 Å². The molecule has 0 aromatic carbocycles. The van der Waals surface area contributed by atoms with Crippen molar-refractivity contribution in [1.82, 2.24) is 4.98 Å². The number of fused-ring (bicyclic) bond motifs is 8. The first kappa shape index (κ1) is 27.5. The molecule has 39 heavy (non-hydrogen) atoms. The van der Waals surface area contributed by atoms with Crippen molar-refractivity contribution in [1.29, 1.82) is 0 Å². The Labute approximate surface area is 240 Å². The van der Waals surface area contributed by atoms with Crippen molar-refractivity contribution in [3.63, 3.8) is 0 Å². The van der Waals surface area contributed by atoms with E-state index >= 15 is 0 Å². The summed E-state index contributed by atoms with van der Waals surface area (Å²) in [6, 6.07) is 0. The highest BCUT2D eigenvalue weighted by atomic mass is 32.1. The van der Waals surface area contributed by atoms with Gasteiger partial charge in [-0.3, -0.25) is 4.79 Å². The first-order valence-corrected chi connectivity index (χ1v) is 16.4. The van der Waals surface area contributed by atoms with Gasteiger partial charge in [0, 0.05) is 16.8 Å². The normalized spacial score (nSPS) is 45.9. The van der Waals surface area contributed by atoms with Crippen molar-refractivity contribution >= 4 is 22.4 Å². The minimum absolute atomic E-state index is 0.0392. The first-order valence-electron chi connectivity index (χ1n) is 15.5. The van der Waals surface area contributed by atoms with E-state index in [2.05, 4.69) is 66.4 Å². The maximum absolute atomic E-state index is 13.0. The summed E-state index contributed by atoms with van der Waals surface area (Å²) in [4.78, 5) is 19.6. The Morgan fingerprint density at radius 2 is 1.87 bits per heavy atom. The Morgan fingerprint density at radius 3 is 2.56 bits per heavy atom. The molecule has 5 aliphatic rings. The van der Waals surface area contributed by atoms with Gasteiger partial charge in [-0.15, -0.1) is 17.9 Å². The van der Waals surface area contributed by atoms with Gasteiger partial charge in [-0.05, 0) is 97.2 Å². The summed E-state index contributed by atoms with van der Waals surface area (Å²) >= 11 is 1.86. The van der Waals surface area contributed by atoms with Crippen LogP contribution >= 0.6 is 11.3 Å². The van der Waals surface area contributed by atoms with Gasteiger partial charge in [-0.1, -0.05) is 66.2 Å². The standard InChI is InChI=1S/C34H50N2O2S/c1-9-18-35-29-36-27-23(39-29)19-31(6)24(30(27,4)5)13-14-33(8)25(31)11-10-22-26-21(3)20(2)12-15-34(26,28(37)38)17-16-32(22,33)7/h9-10,20-21,24-26H,1,11-19H2,2-8H3,(H,35,36)(H,37,38)/t20-,21+,24+,25-,26+,31+,32-,33-,34+/m1/s1. The Bertz CT molecular complexity index is 1230. The molecule has 5 heteroatoms. The largest absolute Gasteiger partial charge is 0.481 e. The van der Waals surface area contributed by atoms with Crippen LogP contribution in [0.1, 0.15) is 104 Å². The Balaban J connectivity index is 1.44. The topological polar surface area (TPSA) is 62.2 Å². The van der Waals surface area contributed by atoms with Crippen LogP contribution in [0.15, 0.2) is 24.3 Å². The third-order valence-corrected chi connectivity index (χ3v) is 14.8. The number of carboxylic acid groups (broad SMARTS) is 1. The van der Waals surface area contributed by atoms with Crippen LogP contribution in [-0.4, -0.2) is 22.6 Å². The molecule has 3 fully saturated rings. The van der Waals surface area contributed by atoms with Gasteiger partial charge in [-0.2, -0.15) is 0 Å². The van der Waals surface area contributed by atoms with Crippen molar-refractivity contribution < 1.29 is 9.90 Å². The van der Waals surface area contributed by atoms with Crippen LogP contribution in [0.2, 0.25) is 0 Å². The SMILES string of the molecule is C=CCNc1nc2c(s1)C[C@]1(C)[C@H]3CC=C4[C@@H]5[C@@H](C)[C@H](C)CC[C@]5(C(=O)O)CC[C@@]4(C)[C@]3(C)CC[C@H]1C2(C)C. The molecular formula is C34H50N2O2S. The minimum atomic E-state index is -0.569. The smallest absolute Gasteiger partial charge is 0.310 e. The van der Waals surface area contributed by atoms with Gasteiger partial charge in [0.25, 0.3) is 0 Å². The van der Waals surface area contributed by atoms with E-state index in [0.717, 1.165) is 50.2 Å². The molecule has 9 atom stereocenters. The van der Waals surface area contributed by atoms with E-state index in [0.29, 0.717) is 23.7 Å². The number of hydrogen-bond acceptors (Lipinski definition) is 4.